The predicted molar refractivity (Wildman–Crippen MR) is 79.9 cm³/mol. The van der Waals surface area contributed by atoms with E-state index in [1.165, 1.54) is 7.11 Å². The molecule has 0 unspecified atom stereocenters. The molecule has 2 aromatic rings. The average Bonchev–Trinajstić information content (AvgIpc) is 2.55. The summed E-state index contributed by atoms with van der Waals surface area (Å²) in [5.74, 6) is -0.722. The molecule has 5 nitrogen and oxygen atoms in total. The van der Waals surface area contributed by atoms with Gasteiger partial charge in [0.2, 0.25) is 0 Å². The number of aliphatic imine (C=N–C) groups is 1. The first-order valence-electron chi connectivity index (χ1n) is 6.25. The van der Waals surface area contributed by atoms with Gasteiger partial charge in [-0.15, -0.1) is 0 Å². The molecule has 0 bridgehead atoms. The molecule has 2 aromatic carbocycles. The molecule has 0 N–H and O–H groups in total. The third-order valence-electron chi connectivity index (χ3n) is 2.79. The van der Waals surface area contributed by atoms with Crippen molar-refractivity contribution in [2.45, 2.75) is 0 Å². The minimum absolute atomic E-state index is 0.182. The van der Waals surface area contributed by atoms with Crippen LogP contribution in [0.3, 0.4) is 0 Å². The highest BCUT2D eigenvalue weighted by molar-refractivity contribution is 6.41. The van der Waals surface area contributed by atoms with E-state index in [4.69, 9.17) is 5.53 Å². The Morgan fingerprint density at radius 1 is 1.14 bits per heavy atom. The third kappa shape index (κ3) is 3.49. The van der Waals surface area contributed by atoms with E-state index in [-0.39, 0.29) is 5.71 Å². The summed E-state index contributed by atoms with van der Waals surface area (Å²) < 4.78 is 4.59. The number of carbonyl (C=O) groups is 1. The Bertz CT molecular complexity index is 717. The number of carbonyl (C=O) groups excluding carboxylic acids is 1. The van der Waals surface area contributed by atoms with Crippen molar-refractivity contribution in [3.05, 3.63) is 71.3 Å². The second-order valence-electron chi connectivity index (χ2n) is 4.13. The smallest absolute Gasteiger partial charge is 0.422 e. The molecule has 21 heavy (non-hydrogen) atoms. The number of para-hydroxylation sites is 1. The minimum Gasteiger partial charge on any atom is -0.460 e. The van der Waals surface area contributed by atoms with E-state index in [0.29, 0.717) is 11.3 Å². The number of hydrogen-bond acceptors (Lipinski definition) is 3. The topological polar surface area (TPSA) is 75.1 Å². The molecule has 0 aromatic heterocycles. The van der Waals surface area contributed by atoms with Gasteiger partial charge in [-0.3, -0.25) is 4.99 Å². The maximum atomic E-state index is 11.6. The molecule has 0 saturated carbocycles. The zero-order valence-electron chi connectivity index (χ0n) is 11.4. The number of ether oxygens (including phenoxy) is 1. The van der Waals surface area contributed by atoms with Crippen LogP contribution in [-0.4, -0.2) is 29.8 Å². The van der Waals surface area contributed by atoms with Gasteiger partial charge in [0.05, 0.1) is 18.4 Å². The van der Waals surface area contributed by atoms with Crippen molar-refractivity contribution < 1.29 is 14.3 Å². The molecule has 104 valence electrons. The van der Waals surface area contributed by atoms with Crippen molar-refractivity contribution in [3.8, 4) is 0 Å². The first-order chi connectivity index (χ1) is 10.3. The van der Waals surface area contributed by atoms with Crippen LogP contribution in [0.5, 0.6) is 0 Å². The van der Waals surface area contributed by atoms with Crippen molar-refractivity contribution in [1.29, 1.82) is 0 Å². The molecule has 0 fully saturated rings. The van der Waals surface area contributed by atoms with E-state index in [1.54, 1.807) is 30.5 Å². The standard InChI is InChI=1S/C16H13N3O2/c1-21-16(20)15(19-17)13-9-5-6-10-14(13)18-11-12-7-3-2-4-8-12/h2-11H,1H3. The van der Waals surface area contributed by atoms with Crippen molar-refractivity contribution in [3.63, 3.8) is 0 Å². The van der Waals surface area contributed by atoms with Crippen molar-refractivity contribution in [2.75, 3.05) is 7.11 Å². The van der Waals surface area contributed by atoms with Gasteiger partial charge < -0.3 is 10.3 Å². The summed E-state index contributed by atoms with van der Waals surface area (Å²) in [4.78, 5) is 19.0. The lowest BCUT2D eigenvalue weighted by molar-refractivity contribution is -0.137. The molecule has 2 rings (SSSR count). The largest absolute Gasteiger partial charge is 0.460 e. The number of methoxy groups -OCH3 is 1. The molecule has 0 aliphatic heterocycles. The summed E-state index contributed by atoms with van der Waals surface area (Å²) in [5, 5.41) is 0. The van der Waals surface area contributed by atoms with Crippen molar-refractivity contribution in [1.82, 2.24) is 0 Å². The highest BCUT2D eigenvalue weighted by Gasteiger charge is 2.26. The van der Waals surface area contributed by atoms with Crippen LogP contribution in [0.15, 0.2) is 59.6 Å². The van der Waals surface area contributed by atoms with Crippen LogP contribution < -0.4 is 0 Å². The first-order valence-corrected chi connectivity index (χ1v) is 6.25. The molecule has 0 saturated heterocycles. The molecular formula is C16H13N3O2. The Hall–Kier alpha value is -3.04. The van der Waals surface area contributed by atoms with Gasteiger partial charge in [0.15, 0.2) is 0 Å². The molecule has 5 heteroatoms. The molecule has 0 amide bonds. The lowest BCUT2D eigenvalue weighted by atomic mass is 10.1. The predicted octanol–water partition coefficient (Wildman–Crippen LogP) is 2.63. The maximum absolute atomic E-state index is 11.6. The summed E-state index contributed by atoms with van der Waals surface area (Å²) in [5.41, 5.74) is 10.7. The van der Waals surface area contributed by atoms with Crippen LogP contribution in [0.1, 0.15) is 11.1 Å². The molecule has 0 aliphatic carbocycles. The second-order valence-corrected chi connectivity index (χ2v) is 4.13. The molecule has 0 heterocycles. The molecular weight excluding hydrogens is 266 g/mol. The van der Waals surface area contributed by atoms with E-state index < -0.39 is 5.97 Å². The SMILES string of the molecule is COC(=O)C(=[N+]=[N-])c1ccccc1N=Cc1ccccc1. The maximum Gasteiger partial charge on any atom is 0.422 e. The molecule has 0 atom stereocenters. The monoisotopic (exact) mass is 279 g/mol. The summed E-state index contributed by atoms with van der Waals surface area (Å²) in [7, 11) is 1.23. The Kier molecular flexibility index (Phi) is 4.75. The lowest BCUT2D eigenvalue weighted by Crippen LogP contribution is -2.18. The van der Waals surface area contributed by atoms with Crippen LogP contribution in [0, 0.1) is 0 Å². The summed E-state index contributed by atoms with van der Waals surface area (Å²) in [6, 6.07) is 16.4. The molecule has 0 aliphatic rings. The van der Waals surface area contributed by atoms with Gasteiger partial charge in [0.1, 0.15) is 0 Å². The summed E-state index contributed by atoms with van der Waals surface area (Å²) >= 11 is 0. The van der Waals surface area contributed by atoms with E-state index in [9.17, 15) is 4.79 Å². The van der Waals surface area contributed by atoms with Gasteiger partial charge in [-0.05, 0) is 17.7 Å². The number of hydrogen-bond donors (Lipinski definition) is 0. The Morgan fingerprint density at radius 3 is 2.48 bits per heavy atom. The van der Waals surface area contributed by atoms with E-state index >= 15 is 0 Å². The Morgan fingerprint density at radius 2 is 1.81 bits per heavy atom. The van der Waals surface area contributed by atoms with Gasteiger partial charge in [-0.2, -0.15) is 4.79 Å². The Labute approximate surface area is 122 Å². The van der Waals surface area contributed by atoms with Gasteiger partial charge >= 0.3 is 11.7 Å². The first kappa shape index (κ1) is 14.4. The van der Waals surface area contributed by atoms with Crippen LogP contribution in [-0.2, 0) is 9.53 Å². The number of nitrogens with zero attached hydrogens (tertiary/aromatic N) is 3. The van der Waals surface area contributed by atoms with Gasteiger partial charge in [0.25, 0.3) is 0 Å². The fraction of sp³-hybridized carbons (Fsp3) is 0.0625. The Balaban J connectivity index is 2.40. The van der Waals surface area contributed by atoms with E-state index in [2.05, 4.69) is 14.5 Å². The van der Waals surface area contributed by atoms with Crippen LogP contribution in [0.2, 0.25) is 0 Å². The quantitative estimate of drug-likeness (QED) is 0.373. The highest BCUT2D eigenvalue weighted by atomic mass is 16.5. The minimum atomic E-state index is -0.722. The van der Waals surface area contributed by atoms with Crippen LogP contribution in [0.25, 0.3) is 5.53 Å². The summed E-state index contributed by atoms with van der Waals surface area (Å²) in [6.45, 7) is 0. The number of rotatable bonds is 4. The zero-order chi connectivity index (χ0) is 15.1. The van der Waals surface area contributed by atoms with Crippen LogP contribution >= 0.6 is 0 Å². The lowest BCUT2D eigenvalue weighted by Gasteiger charge is -2.00. The van der Waals surface area contributed by atoms with Crippen molar-refractivity contribution in [2.24, 2.45) is 4.99 Å². The van der Waals surface area contributed by atoms with Gasteiger partial charge in [-0.25, -0.2) is 4.79 Å². The number of benzene rings is 2. The van der Waals surface area contributed by atoms with Gasteiger partial charge in [-0.1, -0.05) is 42.5 Å². The molecule has 0 spiro atoms. The van der Waals surface area contributed by atoms with Crippen molar-refractivity contribution >= 4 is 23.6 Å². The highest BCUT2D eigenvalue weighted by Crippen LogP contribution is 2.19. The number of esters is 1. The second kappa shape index (κ2) is 6.93. The zero-order valence-corrected chi connectivity index (χ0v) is 11.4. The average molecular weight is 279 g/mol. The van der Waals surface area contributed by atoms with E-state index in [0.717, 1.165) is 5.56 Å². The third-order valence-corrected chi connectivity index (χ3v) is 2.79. The van der Waals surface area contributed by atoms with Crippen LogP contribution in [0.4, 0.5) is 5.69 Å². The van der Waals surface area contributed by atoms with Gasteiger partial charge in [0, 0.05) is 6.21 Å². The van der Waals surface area contributed by atoms with E-state index in [1.807, 2.05) is 30.3 Å². The normalized spacial score (nSPS) is 10.1. The summed E-state index contributed by atoms with van der Waals surface area (Å²) in [6.07, 6.45) is 1.67. The fourth-order valence-corrected chi connectivity index (χ4v) is 1.77. The molecule has 0 radical (unpaired) electrons. The fourth-order valence-electron chi connectivity index (χ4n) is 1.77.